The van der Waals surface area contributed by atoms with Crippen LogP contribution in [0.2, 0.25) is 0 Å². The van der Waals surface area contributed by atoms with Gasteiger partial charge in [0.25, 0.3) is 0 Å². The number of ether oxygens (including phenoxy) is 6. The molecule has 12 heteroatoms. The van der Waals surface area contributed by atoms with Gasteiger partial charge in [0.05, 0.1) is 49.2 Å². The number of amides is 2. The lowest BCUT2D eigenvalue weighted by atomic mass is 9.95. The Kier molecular flexibility index (Phi) is 9.12. The molecule has 12 nitrogen and oxygen atoms in total. The van der Waals surface area contributed by atoms with E-state index in [1.165, 1.54) is 10.0 Å². The lowest BCUT2D eigenvalue weighted by molar-refractivity contribution is -0.130. The first-order chi connectivity index (χ1) is 24.7. The van der Waals surface area contributed by atoms with E-state index in [9.17, 15) is 9.59 Å². The summed E-state index contributed by atoms with van der Waals surface area (Å²) in [5, 5.41) is 2.71. The van der Waals surface area contributed by atoms with Crippen LogP contribution < -0.4 is 20.9 Å². The minimum absolute atomic E-state index is 0.321. The van der Waals surface area contributed by atoms with Crippen LogP contribution in [-0.4, -0.2) is 49.8 Å². The van der Waals surface area contributed by atoms with Gasteiger partial charge in [0.15, 0.2) is 0 Å². The van der Waals surface area contributed by atoms with Gasteiger partial charge in [-0.1, -0.05) is 48.5 Å². The molecule has 0 saturated carbocycles. The van der Waals surface area contributed by atoms with Crippen LogP contribution in [0.25, 0.3) is 0 Å². The molecule has 2 fully saturated rings. The second-order valence-corrected chi connectivity index (χ2v) is 14.7. The fraction of sp³-hybridized carbons (Fsp3) is 0.350. The molecule has 272 valence electrons. The quantitative estimate of drug-likeness (QED) is 0.186. The molecule has 3 aliphatic rings. The predicted molar refractivity (Wildman–Crippen MR) is 196 cm³/mol. The van der Waals surface area contributed by atoms with E-state index in [0.29, 0.717) is 71.4 Å². The molecule has 0 aromatic heterocycles. The molecule has 0 aliphatic carbocycles. The number of carbonyl (C=O) groups is 2. The van der Waals surface area contributed by atoms with Gasteiger partial charge in [0.1, 0.15) is 11.2 Å². The number of hydrazine groups is 2. The summed E-state index contributed by atoms with van der Waals surface area (Å²) in [7, 11) is 0. The van der Waals surface area contributed by atoms with Crippen LogP contribution in [0.3, 0.4) is 0 Å². The molecule has 8 bridgehead atoms. The van der Waals surface area contributed by atoms with Gasteiger partial charge in [-0.05, 0) is 90.1 Å². The fourth-order valence-corrected chi connectivity index (χ4v) is 6.42. The summed E-state index contributed by atoms with van der Waals surface area (Å²) < 4.78 is 37.4. The van der Waals surface area contributed by atoms with Crippen molar-refractivity contribution in [3.63, 3.8) is 0 Å². The van der Waals surface area contributed by atoms with Crippen molar-refractivity contribution in [1.29, 1.82) is 0 Å². The summed E-state index contributed by atoms with van der Waals surface area (Å²) in [4.78, 5) is 27.9. The zero-order valence-electron chi connectivity index (χ0n) is 30.2. The average Bonchev–Trinajstić information content (AvgIpc) is 3.81. The summed E-state index contributed by atoms with van der Waals surface area (Å²) in [6, 6.07) is 29.6. The normalized spacial score (nSPS) is 17.9. The highest BCUT2D eigenvalue weighted by molar-refractivity contribution is 5.91. The maximum Gasteiger partial charge on any atom is 0.433 e. The lowest BCUT2D eigenvalue weighted by Gasteiger charge is -2.33. The smallest absolute Gasteiger partial charge is 0.433 e. The molecule has 52 heavy (non-hydrogen) atoms. The Morgan fingerprint density at radius 1 is 0.538 bits per heavy atom. The van der Waals surface area contributed by atoms with Crippen LogP contribution in [0.15, 0.2) is 97.1 Å². The van der Waals surface area contributed by atoms with E-state index in [4.69, 9.17) is 28.4 Å². The van der Waals surface area contributed by atoms with E-state index in [0.717, 1.165) is 0 Å². The summed E-state index contributed by atoms with van der Waals surface area (Å²) >= 11 is 0. The largest absolute Gasteiger partial charge is 0.442 e. The maximum atomic E-state index is 13.9. The number of hydrogen-bond donors (Lipinski definition) is 2. The Hall–Kier alpha value is -5.14. The van der Waals surface area contributed by atoms with Gasteiger partial charge in [-0.2, -0.15) is 10.0 Å². The highest BCUT2D eigenvalue weighted by Crippen LogP contribution is 2.43. The van der Waals surface area contributed by atoms with Gasteiger partial charge >= 0.3 is 12.2 Å². The third-order valence-electron chi connectivity index (χ3n) is 8.48. The van der Waals surface area contributed by atoms with E-state index in [1.54, 1.807) is 12.1 Å². The van der Waals surface area contributed by atoms with Crippen molar-refractivity contribution in [1.82, 2.24) is 0 Å². The van der Waals surface area contributed by atoms with Gasteiger partial charge < -0.3 is 28.4 Å². The van der Waals surface area contributed by atoms with Crippen molar-refractivity contribution in [3.8, 4) is 0 Å². The highest BCUT2D eigenvalue weighted by atomic mass is 16.7. The predicted octanol–water partition coefficient (Wildman–Crippen LogP) is 8.03. The van der Waals surface area contributed by atoms with Crippen LogP contribution in [0.5, 0.6) is 0 Å². The molecule has 0 unspecified atom stereocenters. The monoisotopic (exact) mass is 708 g/mol. The Bertz CT molecular complexity index is 1830. The molecule has 2 N–H and O–H groups in total. The summed E-state index contributed by atoms with van der Waals surface area (Å²) in [5.74, 6) is -2.64. The van der Waals surface area contributed by atoms with E-state index in [2.05, 4.69) is 10.9 Å². The average molecular weight is 709 g/mol. The molecular weight excluding hydrogens is 664 g/mol. The molecular formula is C40H44N4O8. The van der Waals surface area contributed by atoms with E-state index < -0.39 is 35.0 Å². The number of fused-ring (bicyclic) bond motifs is 12. The standard InChI is InChI=1S/C40H44N4O8/c1-37(2,3)51-35(45)43-33-17-9-13-29(25-33)40(49-21-22-50-40)30-14-10-18-34(26-30)44(36(46)52-38(4,5)6)42-32-16-8-12-28(24-32)39(47-19-20-48-39)27-11-7-15-31(23-27)41-43/h7-18,23-26,41-42H,19-22H2,1-6H3. The number of benzene rings is 4. The Morgan fingerprint density at radius 2 is 0.865 bits per heavy atom. The molecule has 3 heterocycles. The third-order valence-corrected chi connectivity index (χ3v) is 8.48. The highest BCUT2D eigenvalue weighted by Gasteiger charge is 2.43. The fourth-order valence-electron chi connectivity index (χ4n) is 6.42. The number of anilines is 4. The number of nitrogens with one attached hydrogen (secondary N) is 2. The molecule has 2 spiro atoms. The summed E-state index contributed by atoms with van der Waals surface area (Å²) in [6.07, 6.45) is -1.24. The topological polar surface area (TPSA) is 120 Å². The summed E-state index contributed by atoms with van der Waals surface area (Å²) in [6.45, 7) is 12.2. The van der Waals surface area contributed by atoms with Crippen molar-refractivity contribution in [2.45, 2.75) is 64.3 Å². The Balaban J connectivity index is 1.45. The Morgan fingerprint density at radius 3 is 1.21 bits per heavy atom. The van der Waals surface area contributed by atoms with Crippen molar-refractivity contribution < 1.29 is 38.0 Å². The molecule has 3 aliphatic heterocycles. The maximum absolute atomic E-state index is 13.9. The third kappa shape index (κ3) is 7.02. The van der Waals surface area contributed by atoms with Crippen LogP contribution in [0.4, 0.5) is 32.3 Å². The molecule has 2 amide bonds. The van der Waals surface area contributed by atoms with Crippen LogP contribution in [0, 0.1) is 0 Å². The number of hydrogen-bond acceptors (Lipinski definition) is 10. The van der Waals surface area contributed by atoms with Gasteiger partial charge in [-0.3, -0.25) is 10.9 Å². The van der Waals surface area contributed by atoms with Crippen LogP contribution in [-0.2, 0) is 40.0 Å². The van der Waals surface area contributed by atoms with Gasteiger partial charge in [-0.15, -0.1) is 0 Å². The van der Waals surface area contributed by atoms with Crippen LogP contribution >= 0.6 is 0 Å². The molecule has 2 saturated heterocycles. The first-order valence-corrected chi connectivity index (χ1v) is 17.3. The number of nitrogens with zero attached hydrogens (tertiary/aromatic N) is 2. The summed E-state index contributed by atoms with van der Waals surface area (Å²) in [5.41, 5.74) is 9.74. The first-order valence-electron chi connectivity index (χ1n) is 17.3. The lowest BCUT2D eigenvalue weighted by Crippen LogP contribution is -2.41. The second-order valence-electron chi connectivity index (χ2n) is 14.7. The van der Waals surface area contributed by atoms with E-state index in [1.807, 2.05) is 126 Å². The minimum Gasteiger partial charge on any atom is -0.442 e. The van der Waals surface area contributed by atoms with Gasteiger partial charge in [0.2, 0.25) is 11.6 Å². The zero-order chi connectivity index (χ0) is 36.7. The first kappa shape index (κ1) is 35.3. The Labute approximate surface area is 303 Å². The van der Waals surface area contributed by atoms with Gasteiger partial charge in [-0.25, -0.2) is 9.59 Å². The number of rotatable bonds is 0. The van der Waals surface area contributed by atoms with E-state index >= 15 is 0 Å². The van der Waals surface area contributed by atoms with Gasteiger partial charge in [0, 0.05) is 22.3 Å². The number of carbonyl (C=O) groups excluding carboxylic acids is 2. The van der Waals surface area contributed by atoms with Crippen molar-refractivity contribution in [2.75, 3.05) is 47.3 Å². The zero-order valence-corrected chi connectivity index (χ0v) is 30.2. The van der Waals surface area contributed by atoms with Crippen LogP contribution in [0.1, 0.15) is 63.8 Å². The molecule has 0 atom stereocenters. The minimum atomic E-state index is -1.36. The molecule has 4 aromatic carbocycles. The van der Waals surface area contributed by atoms with Crippen molar-refractivity contribution in [3.05, 3.63) is 119 Å². The van der Waals surface area contributed by atoms with E-state index in [-0.39, 0.29) is 0 Å². The SMILES string of the molecule is CC(C)(C)OC(=O)N1Nc2cccc(c2)C2(OCCO2)c2cccc(c2)NN(C(=O)OC(C)(C)C)c2cccc(c2)C2(OCCO2)c2cccc1c2. The second kappa shape index (κ2) is 13.4. The molecule has 7 rings (SSSR count). The van der Waals surface area contributed by atoms with Crippen molar-refractivity contribution in [2.24, 2.45) is 0 Å². The molecule has 4 aromatic rings. The molecule has 0 radical (unpaired) electrons. The van der Waals surface area contributed by atoms with Crippen molar-refractivity contribution >= 4 is 34.9 Å².